The Morgan fingerprint density at radius 1 is 0.935 bits per heavy atom. The molecule has 31 heavy (non-hydrogen) atoms. The summed E-state index contributed by atoms with van der Waals surface area (Å²) in [7, 11) is 0. The highest BCUT2D eigenvalue weighted by molar-refractivity contribution is 6.00. The molecule has 5 heteroatoms. The number of nitrogens with zero attached hydrogens (tertiary/aromatic N) is 1. The van der Waals surface area contributed by atoms with Gasteiger partial charge in [0, 0.05) is 6.54 Å². The van der Waals surface area contributed by atoms with E-state index in [1.807, 2.05) is 0 Å². The van der Waals surface area contributed by atoms with Crippen LogP contribution in [0.4, 0.5) is 0 Å². The van der Waals surface area contributed by atoms with Gasteiger partial charge >= 0.3 is 11.9 Å². The first-order chi connectivity index (χ1) is 15.0. The Morgan fingerprint density at radius 2 is 1.55 bits per heavy atom. The zero-order chi connectivity index (χ0) is 22.7. The number of rotatable bonds is 10. The van der Waals surface area contributed by atoms with Gasteiger partial charge < -0.3 is 9.47 Å². The Kier molecular flexibility index (Phi) is 10.8. The van der Waals surface area contributed by atoms with Crippen LogP contribution in [0, 0.1) is 5.41 Å². The van der Waals surface area contributed by atoms with Gasteiger partial charge in [0.2, 0.25) is 0 Å². The van der Waals surface area contributed by atoms with Crippen LogP contribution in [0.25, 0.3) is 0 Å². The molecule has 1 aliphatic heterocycles. The van der Waals surface area contributed by atoms with Gasteiger partial charge in [-0.05, 0) is 83.0 Å². The Bertz CT molecular complexity index is 640. The monoisotopic (exact) mass is 433 g/mol. The molecule has 0 aromatic rings. The van der Waals surface area contributed by atoms with Crippen molar-refractivity contribution in [1.29, 1.82) is 0 Å². The number of hydrogen-bond acceptors (Lipinski definition) is 5. The van der Waals surface area contributed by atoms with Gasteiger partial charge in [0.25, 0.3) is 0 Å². The van der Waals surface area contributed by atoms with Crippen LogP contribution in [0.1, 0.15) is 91.9 Å². The van der Waals surface area contributed by atoms with Crippen molar-refractivity contribution in [3.8, 4) is 0 Å². The van der Waals surface area contributed by atoms with E-state index in [4.69, 9.17) is 9.47 Å². The van der Waals surface area contributed by atoms with E-state index >= 15 is 0 Å². The SMILES string of the molecule is CCC/C1=C(CCC)/C(CN2CCCCC2)=C\CC(C(=O)OCC)(C(=O)OCC)CC1. The van der Waals surface area contributed by atoms with Crippen molar-refractivity contribution in [2.24, 2.45) is 5.41 Å². The van der Waals surface area contributed by atoms with E-state index in [-0.39, 0.29) is 13.2 Å². The van der Waals surface area contributed by atoms with Crippen molar-refractivity contribution < 1.29 is 19.1 Å². The first-order valence-electron chi connectivity index (χ1n) is 12.5. The summed E-state index contributed by atoms with van der Waals surface area (Å²) in [6.45, 7) is 11.7. The summed E-state index contributed by atoms with van der Waals surface area (Å²) < 4.78 is 10.8. The molecule has 2 aliphatic rings. The fraction of sp³-hybridized carbons (Fsp3) is 0.769. The standard InChI is InChI=1S/C26H43NO4/c1-5-12-21-14-16-26(24(28)30-7-3,25(29)31-8-4)17-15-22(23(21)13-6-2)20-27-18-10-9-11-19-27/h15H,5-14,16-20H2,1-4H3/b22-15-,23-21-. The normalized spacial score (nSPS) is 23.9. The lowest BCUT2D eigenvalue weighted by molar-refractivity contribution is -0.172. The first-order valence-corrected chi connectivity index (χ1v) is 12.5. The first kappa shape index (κ1) is 25.6. The van der Waals surface area contributed by atoms with Gasteiger partial charge in [-0.3, -0.25) is 14.5 Å². The molecular weight excluding hydrogens is 390 g/mol. The lowest BCUT2D eigenvalue weighted by Gasteiger charge is -2.34. The van der Waals surface area contributed by atoms with Crippen LogP contribution in [0.15, 0.2) is 22.8 Å². The Balaban J connectivity index is 2.48. The second-order valence-corrected chi connectivity index (χ2v) is 8.88. The molecule has 0 bridgehead atoms. The number of esters is 2. The van der Waals surface area contributed by atoms with Crippen LogP contribution in [-0.4, -0.2) is 49.7 Å². The van der Waals surface area contributed by atoms with E-state index in [0.717, 1.165) is 51.7 Å². The molecule has 2 rings (SSSR count). The van der Waals surface area contributed by atoms with Gasteiger partial charge in [-0.1, -0.05) is 44.8 Å². The molecule has 0 aromatic heterocycles. The maximum Gasteiger partial charge on any atom is 0.323 e. The van der Waals surface area contributed by atoms with Crippen molar-refractivity contribution >= 4 is 11.9 Å². The summed E-state index contributed by atoms with van der Waals surface area (Å²) in [5, 5.41) is 0. The molecule has 0 saturated carbocycles. The molecule has 1 fully saturated rings. The number of piperidine rings is 1. The van der Waals surface area contributed by atoms with E-state index in [2.05, 4.69) is 24.8 Å². The number of allylic oxidation sites excluding steroid dienone is 2. The van der Waals surface area contributed by atoms with Crippen molar-refractivity contribution in [3.05, 3.63) is 22.8 Å². The molecule has 5 nitrogen and oxygen atoms in total. The predicted octanol–water partition coefficient (Wildman–Crippen LogP) is 5.59. The molecule has 176 valence electrons. The van der Waals surface area contributed by atoms with Crippen molar-refractivity contribution in [3.63, 3.8) is 0 Å². The number of hydrogen-bond donors (Lipinski definition) is 0. The molecule has 0 radical (unpaired) electrons. The van der Waals surface area contributed by atoms with Crippen LogP contribution in [-0.2, 0) is 19.1 Å². The van der Waals surface area contributed by atoms with Crippen molar-refractivity contribution in [2.45, 2.75) is 91.9 Å². The van der Waals surface area contributed by atoms with Crippen LogP contribution in [0.3, 0.4) is 0 Å². The highest BCUT2D eigenvalue weighted by atomic mass is 16.6. The summed E-state index contributed by atoms with van der Waals surface area (Å²) >= 11 is 0. The molecule has 0 aromatic carbocycles. The third-order valence-corrected chi connectivity index (χ3v) is 6.59. The van der Waals surface area contributed by atoms with E-state index in [0.29, 0.717) is 12.8 Å². The van der Waals surface area contributed by atoms with E-state index in [1.54, 1.807) is 13.8 Å². The van der Waals surface area contributed by atoms with Gasteiger partial charge in [-0.2, -0.15) is 0 Å². The molecule has 0 N–H and O–H groups in total. The summed E-state index contributed by atoms with van der Waals surface area (Å²) in [5.41, 5.74) is 2.95. The zero-order valence-electron chi connectivity index (χ0n) is 20.3. The number of likely N-dealkylation sites (tertiary alicyclic amines) is 1. The maximum absolute atomic E-state index is 13.1. The van der Waals surface area contributed by atoms with Gasteiger partial charge in [0.1, 0.15) is 0 Å². The summed E-state index contributed by atoms with van der Waals surface area (Å²) in [5.74, 6) is -0.867. The fourth-order valence-electron chi connectivity index (χ4n) is 4.94. The maximum atomic E-state index is 13.1. The van der Waals surface area contributed by atoms with Crippen LogP contribution < -0.4 is 0 Å². The predicted molar refractivity (Wildman–Crippen MR) is 125 cm³/mol. The summed E-state index contributed by atoms with van der Waals surface area (Å²) in [6.07, 6.45) is 11.8. The minimum atomic E-state index is -1.24. The lowest BCUT2D eigenvalue weighted by Crippen LogP contribution is -2.42. The van der Waals surface area contributed by atoms with Gasteiger partial charge in [-0.25, -0.2) is 0 Å². The van der Waals surface area contributed by atoms with Gasteiger partial charge in [0.05, 0.1) is 13.2 Å². The Labute approximate surface area is 189 Å². The molecule has 1 saturated heterocycles. The van der Waals surface area contributed by atoms with Gasteiger partial charge in [-0.15, -0.1) is 0 Å². The van der Waals surface area contributed by atoms with Crippen LogP contribution in [0.5, 0.6) is 0 Å². The molecule has 1 aliphatic carbocycles. The molecule has 1 heterocycles. The summed E-state index contributed by atoms with van der Waals surface area (Å²) in [4.78, 5) is 28.7. The van der Waals surface area contributed by atoms with Crippen LogP contribution in [0.2, 0.25) is 0 Å². The number of ether oxygens (including phenoxy) is 2. The minimum absolute atomic E-state index is 0.267. The number of carbonyl (C=O) groups is 2. The average Bonchev–Trinajstić information content (AvgIpc) is 2.76. The molecule has 0 amide bonds. The van der Waals surface area contributed by atoms with E-state index in [1.165, 1.54) is 36.0 Å². The van der Waals surface area contributed by atoms with E-state index < -0.39 is 17.4 Å². The van der Waals surface area contributed by atoms with Crippen molar-refractivity contribution in [2.75, 3.05) is 32.8 Å². The lowest BCUT2D eigenvalue weighted by atomic mass is 9.74. The molecule has 0 atom stereocenters. The second-order valence-electron chi connectivity index (χ2n) is 8.88. The molecular formula is C26H43NO4. The van der Waals surface area contributed by atoms with Crippen LogP contribution >= 0.6 is 0 Å². The largest absolute Gasteiger partial charge is 0.465 e. The highest BCUT2D eigenvalue weighted by Gasteiger charge is 2.48. The second kappa shape index (κ2) is 13.0. The Hall–Kier alpha value is -1.62. The average molecular weight is 434 g/mol. The van der Waals surface area contributed by atoms with E-state index in [9.17, 15) is 9.59 Å². The highest BCUT2D eigenvalue weighted by Crippen LogP contribution is 2.40. The minimum Gasteiger partial charge on any atom is -0.465 e. The number of carbonyl (C=O) groups excluding carboxylic acids is 2. The fourth-order valence-corrected chi connectivity index (χ4v) is 4.94. The topological polar surface area (TPSA) is 55.8 Å². The quantitative estimate of drug-likeness (QED) is 0.332. The van der Waals surface area contributed by atoms with Gasteiger partial charge in [0.15, 0.2) is 5.41 Å². The van der Waals surface area contributed by atoms with Crippen molar-refractivity contribution in [1.82, 2.24) is 4.90 Å². The molecule has 0 unspecified atom stereocenters. The summed E-state index contributed by atoms with van der Waals surface area (Å²) in [6, 6.07) is 0. The third-order valence-electron chi connectivity index (χ3n) is 6.59. The third kappa shape index (κ3) is 6.68. The molecule has 0 spiro atoms. The Morgan fingerprint density at radius 3 is 2.10 bits per heavy atom. The smallest absolute Gasteiger partial charge is 0.323 e. The zero-order valence-corrected chi connectivity index (χ0v) is 20.3.